The van der Waals surface area contributed by atoms with Gasteiger partial charge in [0.15, 0.2) is 0 Å². The fraction of sp³-hybridized carbons (Fsp3) is 0.294. The summed E-state index contributed by atoms with van der Waals surface area (Å²) in [5.74, 6) is -1.59. The first-order valence-electron chi connectivity index (χ1n) is 7.78. The minimum absolute atomic E-state index is 0.106. The molecule has 0 bridgehead atoms. The van der Waals surface area contributed by atoms with Crippen molar-refractivity contribution in [2.45, 2.75) is 25.8 Å². The van der Waals surface area contributed by atoms with Gasteiger partial charge in [0.1, 0.15) is 16.4 Å². The smallest absolute Gasteiger partial charge is 0.346 e. The summed E-state index contributed by atoms with van der Waals surface area (Å²) in [6.45, 7) is 5.00. The zero-order chi connectivity index (χ0) is 19.3. The summed E-state index contributed by atoms with van der Waals surface area (Å²) in [4.78, 5) is 41.9. The van der Waals surface area contributed by atoms with Crippen LogP contribution in [0.3, 0.4) is 0 Å². The maximum atomic E-state index is 13.5. The Labute approximate surface area is 153 Å². The first kappa shape index (κ1) is 19.6. The highest BCUT2D eigenvalue weighted by Crippen LogP contribution is 2.22. The summed E-state index contributed by atoms with van der Waals surface area (Å²) >= 11 is 0.927. The molecule has 1 heterocycles. The first-order chi connectivity index (χ1) is 12.3. The molecule has 1 aromatic carbocycles. The third kappa shape index (κ3) is 4.92. The molecule has 1 amide bonds. The van der Waals surface area contributed by atoms with Crippen molar-refractivity contribution in [2.24, 2.45) is 0 Å². The van der Waals surface area contributed by atoms with Gasteiger partial charge in [-0.1, -0.05) is 17.8 Å². The first-order valence-corrected chi connectivity index (χ1v) is 8.77. The van der Waals surface area contributed by atoms with Crippen LogP contribution in [-0.2, 0) is 9.53 Å². The molecule has 0 fully saturated rings. The van der Waals surface area contributed by atoms with E-state index in [9.17, 15) is 18.8 Å². The second-order valence-electron chi connectivity index (χ2n) is 5.37. The predicted molar refractivity (Wildman–Crippen MR) is 96.0 cm³/mol. The predicted octanol–water partition coefficient (Wildman–Crippen LogP) is 2.43. The molecule has 0 radical (unpaired) electrons. The van der Waals surface area contributed by atoms with Crippen LogP contribution in [0, 0.1) is 19.7 Å². The van der Waals surface area contributed by atoms with E-state index in [1.165, 1.54) is 6.07 Å². The zero-order valence-electron chi connectivity index (χ0n) is 14.5. The van der Waals surface area contributed by atoms with Crippen molar-refractivity contribution < 1.29 is 18.7 Å². The van der Waals surface area contributed by atoms with E-state index in [4.69, 9.17) is 4.74 Å². The summed E-state index contributed by atoms with van der Waals surface area (Å²) < 4.78 is 18.5. The number of rotatable bonds is 6. The Hall–Kier alpha value is -2.68. The minimum Gasteiger partial charge on any atom is -0.462 e. The van der Waals surface area contributed by atoms with Gasteiger partial charge < -0.3 is 15.0 Å². The molecule has 0 saturated heterocycles. The van der Waals surface area contributed by atoms with Gasteiger partial charge in [0.05, 0.1) is 12.4 Å². The lowest BCUT2D eigenvalue weighted by Crippen LogP contribution is -2.21. The topological polar surface area (TPSA) is 101 Å². The van der Waals surface area contributed by atoms with Gasteiger partial charge in [0, 0.05) is 11.4 Å². The van der Waals surface area contributed by atoms with Crippen molar-refractivity contribution in [1.29, 1.82) is 0 Å². The van der Waals surface area contributed by atoms with Crippen molar-refractivity contribution in [3.05, 3.63) is 51.3 Å². The Morgan fingerprint density at radius 1 is 1.35 bits per heavy atom. The van der Waals surface area contributed by atoms with Gasteiger partial charge in [-0.2, -0.15) is 4.98 Å². The number of ether oxygens (including phenoxy) is 1. The maximum Gasteiger partial charge on any atom is 0.346 e. The zero-order valence-corrected chi connectivity index (χ0v) is 15.3. The number of aromatic amines is 1. The number of halogens is 1. The molecule has 2 aromatic rings. The number of anilines is 1. The number of thioether (sulfide) groups is 1. The normalized spacial score (nSPS) is 10.5. The fourth-order valence-corrected chi connectivity index (χ4v) is 2.98. The largest absolute Gasteiger partial charge is 0.462 e. The van der Waals surface area contributed by atoms with E-state index < -0.39 is 23.4 Å². The Morgan fingerprint density at radius 3 is 2.73 bits per heavy atom. The summed E-state index contributed by atoms with van der Waals surface area (Å²) in [6.07, 6.45) is 0. The molecule has 7 nitrogen and oxygen atoms in total. The molecule has 9 heteroatoms. The van der Waals surface area contributed by atoms with Crippen LogP contribution < -0.4 is 11.0 Å². The number of nitrogens with zero attached hydrogens (tertiary/aromatic N) is 1. The molecule has 26 heavy (non-hydrogen) atoms. The standard InChI is InChI=1S/C17H18FN3O4S/c1-4-25-16(23)14-10(3)19-17(24)21-15(14)26-8-13(22)20-11-6-5-9(2)12(18)7-11/h5-7H,4,8H2,1-3H3,(H,20,22)(H,19,21,24). The third-order valence-electron chi connectivity index (χ3n) is 3.36. The van der Waals surface area contributed by atoms with E-state index >= 15 is 0 Å². The average molecular weight is 379 g/mol. The number of carbonyl (C=O) groups is 2. The van der Waals surface area contributed by atoms with Gasteiger partial charge in [-0.3, -0.25) is 4.79 Å². The van der Waals surface area contributed by atoms with Crippen LogP contribution in [0.5, 0.6) is 0 Å². The lowest BCUT2D eigenvalue weighted by Gasteiger charge is -2.10. The quantitative estimate of drug-likeness (QED) is 0.454. The number of H-pyrrole nitrogens is 1. The van der Waals surface area contributed by atoms with E-state index in [0.717, 1.165) is 11.8 Å². The number of amides is 1. The summed E-state index contributed by atoms with van der Waals surface area (Å²) in [5, 5.41) is 2.66. The summed E-state index contributed by atoms with van der Waals surface area (Å²) in [6, 6.07) is 4.36. The van der Waals surface area contributed by atoms with E-state index in [2.05, 4.69) is 15.3 Å². The minimum atomic E-state index is -0.628. The molecule has 0 unspecified atom stereocenters. The molecule has 1 aromatic heterocycles. The lowest BCUT2D eigenvalue weighted by atomic mass is 10.2. The van der Waals surface area contributed by atoms with Crippen molar-refractivity contribution >= 4 is 29.3 Å². The number of carbonyl (C=O) groups excluding carboxylic acids is 2. The molecule has 2 N–H and O–H groups in total. The number of nitrogens with one attached hydrogen (secondary N) is 2. The molecule has 0 spiro atoms. The van der Waals surface area contributed by atoms with E-state index in [1.54, 1.807) is 32.9 Å². The Bertz CT molecular complexity index is 898. The van der Waals surface area contributed by atoms with E-state index in [1.807, 2.05) is 0 Å². The molecule has 138 valence electrons. The molecule has 0 saturated carbocycles. The van der Waals surface area contributed by atoms with Crippen molar-refractivity contribution in [2.75, 3.05) is 17.7 Å². The van der Waals surface area contributed by atoms with Crippen LogP contribution in [-0.4, -0.2) is 34.2 Å². The lowest BCUT2D eigenvalue weighted by molar-refractivity contribution is -0.113. The van der Waals surface area contributed by atoms with Crippen LogP contribution in [0.1, 0.15) is 28.5 Å². The molecule has 0 aliphatic carbocycles. The number of hydrogen-bond acceptors (Lipinski definition) is 6. The second kappa shape index (κ2) is 8.61. The van der Waals surface area contributed by atoms with Crippen molar-refractivity contribution in [3.8, 4) is 0 Å². The SMILES string of the molecule is CCOC(=O)c1c(SCC(=O)Nc2ccc(C)c(F)c2)nc(=O)[nH]c1C. The molecule has 2 rings (SSSR count). The van der Waals surface area contributed by atoms with Crippen LogP contribution in [0.4, 0.5) is 10.1 Å². The van der Waals surface area contributed by atoms with Gasteiger partial charge in [0.2, 0.25) is 5.91 Å². The van der Waals surface area contributed by atoms with Gasteiger partial charge in [-0.25, -0.2) is 14.0 Å². The van der Waals surface area contributed by atoms with Crippen molar-refractivity contribution in [1.82, 2.24) is 9.97 Å². The van der Waals surface area contributed by atoms with Crippen LogP contribution in [0.25, 0.3) is 0 Å². The second-order valence-corrected chi connectivity index (χ2v) is 6.33. The number of esters is 1. The summed E-state index contributed by atoms with van der Waals surface area (Å²) in [5.41, 5.74) is 0.593. The molecular formula is C17H18FN3O4S. The van der Waals surface area contributed by atoms with E-state index in [-0.39, 0.29) is 22.9 Å². The number of benzene rings is 1. The molecule has 0 aliphatic heterocycles. The monoisotopic (exact) mass is 379 g/mol. The number of aromatic nitrogens is 2. The number of aryl methyl sites for hydroxylation is 2. The fourth-order valence-electron chi connectivity index (χ4n) is 2.11. The third-order valence-corrected chi connectivity index (χ3v) is 4.34. The molecular weight excluding hydrogens is 361 g/mol. The van der Waals surface area contributed by atoms with Crippen LogP contribution in [0.2, 0.25) is 0 Å². The highest BCUT2D eigenvalue weighted by molar-refractivity contribution is 8.00. The number of hydrogen-bond donors (Lipinski definition) is 2. The van der Waals surface area contributed by atoms with Gasteiger partial charge in [0.25, 0.3) is 0 Å². The van der Waals surface area contributed by atoms with Crippen molar-refractivity contribution in [3.63, 3.8) is 0 Å². The van der Waals surface area contributed by atoms with Gasteiger partial charge in [-0.05, 0) is 38.5 Å². The highest BCUT2D eigenvalue weighted by Gasteiger charge is 2.20. The Kier molecular flexibility index (Phi) is 6.51. The van der Waals surface area contributed by atoms with Crippen LogP contribution >= 0.6 is 11.8 Å². The molecule has 0 atom stereocenters. The average Bonchev–Trinajstić information content (AvgIpc) is 2.56. The Balaban J connectivity index is 2.12. The van der Waals surface area contributed by atoms with Crippen LogP contribution in [0.15, 0.2) is 28.0 Å². The summed E-state index contributed by atoms with van der Waals surface area (Å²) in [7, 11) is 0. The van der Waals surface area contributed by atoms with E-state index in [0.29, 0.717) is 16.9 Å². The van der Waals surface area contributed by atoms with Gasteiger partial charge >= 0.3 is 11.7 Å². The molecule has 0 aliphatic rings. The Morgan fingerprint density at radius 2 is 2.08 bits per heavy atom. The highest BCUT2D eigenvalue weighted by atomic mass is 32.2. The maximum absolute atomic E-state index is 13.5. The van der Waals surface area contributed by atoms with Gasteiger partial charge in [-0.15, -0.1) is 0 Å².